The summed E-state index contributed by atoms with van der Waals surface area (Å²) in [6, 6.07) is 11.8. The molecule has 0 bridgehead atoms. The molecule has 3 heterocycles. The third-order valence-corrected chi connectivity index (χ3v) is 4.36. The number of benzene rings is 1. The van der Waals surface area contributed by atoms with Gasteiger partial charge >= 0.3 is 0 Å². The monoisotopic (exact) mass is 309 g/mol. The van der Waals surface area contributed by atoms with Crippen LogP contribution in [0.4, 0.5) is 4.39 Å². The second kappa shape index (κ2) is 5.50. The predicted octanol–water partition coefficient (Wildman–Crippen LogP) is 3.68. The van der Waals surface area contributed by atoms with Crippen molar-refractivity contribution in [1.82, 2.24) is 14.9 Å². The van der Waals surface area contributed by atoms with Gasteiger partial charge in [0.1, 0.15) is 11.5 Å². The molecule has 1 aliphatic heterocycles. The highest BCUT2D eigenvalue weighted by Gasteiger charge is 2.31. The van der Waals surface area contributed by atoms with Gasteiger partial charge in [-0.1, -0.05) is 6.07 Å². The first-order valence-electron chi connectivity index (χ1n) is 7.72. The van der Waals surface area contributed by atoms with E-state index in [4.69, 9.17) is 0 Å². The van der Waals surface area contributed by atoms with E-state index in [9.17, 15) is 9.18 Å². The maximum Gasteiger partial charge on any atom is 0.254 e. The SMILES string of the molecule is O=C(c1cccc(F)c1)N1CCCC1c1cc2cccnc2[nH]1. The van der Waals surface area contributed by atoms with Crippen LogP contribution in [0.15, 0.2) is 48.7 Å². The van der Waals surface area contributed by atoms with Crippen LogP contribution in [-0.2, 0) is 0 Å². The Morgan fingerprint density at radius 2 is 2.17 bits per heavy atom. The van der Waals surface area contributed by atoms with Crippen molar-refractivity contribution in [2.24, 2.45) is 0 Å². The van der Waals surface area contributed by atoms with Gasteiger partial charge in [0.05, 0.1) is 6.04 Å². The number of aromatic nitrogens is 2. The molecule has 1 atom stereocenters. The molecule has 3 aromatic rings. The van der Waals surface area contributed by atoms with E-state index in [1.807, 2.05) is 23.1 Å². The van der Waals surface area contributed by atoms with Gasteiger partial charge in [-0.2, -0.15) is 0 Å². The van der Waals surface area contributed by atoms with Crippen LogP contribution in [0, 0.1) is 5.82 Å². The summed E-state index contributed by atoms with van der Waals surface area (Å²) in [4.78, 5) is 22.2. The van der Waals surface area contributed by atoms with Gasteiger partial charge in [0.2, 0.25) is 0 Å². The highest BCUT2D eigenvalue weighted by atomic mass is 19.1. The topological polar surface area (TPSA) is 49.0 Å². The van der Waals surface area contributed by atoms with Crippen LogP contribution in [0.2, 0.25) is 0 Å². The molecule has 2 aromatic heterocycles. The number of carbonyl (C=O) groups excluding carboxylic acids is 1. The molecule has 1 unspecified atom stereocenters. The molecule has 1 aliphatic rings. The average Bonchev–Trinajstić information content (AvgIpc) is 3.20. The second-order valence-corrected chi connectivity index (χ2v) is 5.83. The third kappa shape index (κ3) is 2.48. The number of fused-ring (bicyclic) bond motifs is 1. The number of halogens is 1. The number of nitrogens with zero attached hydrogens (tertiary/aromatic N) is 2. The van der Waals surface area contributed by atoms with Gasteiger partial charge in [0.15, 0.2) is 0 Å². The van der Waals surface area contributed by atoms with Gasteiger partial charge in [-0.3, -0.25) is 4.79 Å². The quantitative estimate of drug-likeness (QED) is 0.785. The molecule has 4 rings (SSSR count). The first-order valence-corrected chi connectivity index (χ1v) is 7.72. The minimum absolute atomic E-state index is 0.0139. The molecule has 1 fully saturated rings. The van der Waals surface area contributed by atoms with E-state index in [2.05, 4.69) is 9.97 Å². The van der Waals surface area contributed by atoms with Crippen LogP contribution < -0.4 is 0 Å². The van der Waals surface area contributed by atoms with E-state index >= 15 is 0 Å². The summed E-state index contributed by atoms with van der Waals surface area (Å²) in [6.45, 7) is 0.683. The Balaban J connectivity index is 1.67. The Bertz CT molecular complexity index is 840. The summed E-state index contributed by atoms with van der Waals surface area (Å²) < 4.78 is 13.4. The van der Waals surface area contributed by atoms with E-state index in [1.54, 1.807) is 18.3 Å². The van der Waals surface area contributed by atoms with Crippen LogP contribution in [0.25, 0.3) is 11.0 Å². The van der Waals surface area contributed by atoms with Crippen LogP contribution in [0.3, 0.4) is 0 Å². The fourth-order valence-corrected chi connectivity index (χ4v) is 3.28. The molecule has 23 heavy (non-hydrogen) atoms. The molecule has 5 heteroatoms. The summed E-state index contributed by atoms with van der Waals surface area (Å²) in [6.07, 6.45) is 3.58. The van der Waals surface area contributed by atoms with Crippen LogP contribution in [0.1, 0.15) is 34.9 Å². The lowest BCUT2D eigenvalue weighted by atomic mass is 10.1. The number of likely N-dealkylation sites (tertiary alicyclic amines) is 1. The lowest BCUT2D eigenvalue weighted by Crippen LogP contribution is -2.30. The van der Waals surface area contributed by atoms with Crippen molar-refractivity contribution < 1.29 is 9.18 Å². The number of aromatic amines is 1. The molecule has 0 radical (unpaired) electrons. The van der Waals surface area contributed by atoms with Crippen molar-refractivity contribution in [3.05, 3.63) is 65.7 Å². The Morgan fingerprint density at radius 1 is 1.26 bits per heavy atom. The Hall–Kier alpha value is -2.69. The zero-order valence-electron chi connectivity index (χ0n) is 12.5. The molecule has 1 saturated heterocycles. The number of hydrogen-bond acceptors (Lipinski definition) is 2. The van der Waals surface area contributed by atoms with E-state index < -0.39 is 0 Å². The highest BCUT2D eigenvalue weighted by Crippen LogP contribution is 2.33. The molecular formula is C18H16FN3O. The first kappa shape index (κ1) is 13.9. The van der Waals surface area contributed by atoms with Crippen molar-refractivity contribution in [3.63, 3.8) is 0 Å². The molecule has 1 N–H and O–H groups in total. The van der Waals surface area contributed by atoms with Crippen molar-refractivity contribution >= 4 is 16.9 Å². The van der Waals surface area contributed by atoms with Crippen molar-refractivity contribution in [3.8, 4) is 0 Å². The maximum absolute atomic E-state index is 13.4. The summed E-state index contributed by atoms with van der Waals surface area (Å²) in [5.74, 6) is -0.514. The van der Waals surface area contributed by atoms with Gasteiger partial charge in [0.25, 0.3) is 5.91 Å². The second-order valence-electron chi connectivity index (χ2n) is 5.83. The largest absolute Gasteiger partial charge is 0.341 e. The molecule has 116 valence electrons. The number of hydrogen-bond donors (Lipinski definition) is 1. The molecular weight excluding hydrogens is 293 g/mol. The fraction of sp³-hybridized carbons (Fsp3) is 0.222. The maximum atomic E-state index is 13.4. The average molecular weight is 309 g/mol. The Kier molecular flexibility index (Phi) is 3.33. The van der Waals surface area contributed by atoms with Crippen LogP contribution >= 0.6 is 0 Å². The fourth-order valence-electron chi connectivity index (χ4n) is 3.28. The number of pyridine rings is 1. The van der Waals surface area contributed by atoms with Gasteiger partial charge in [-0.25, -0.2) is 9.37 Å². The van der Waals surface area contributed by atoms with Crippen molar-refractivity contribution in [2.75, 3.05) is 6.54 Å². The number of H-pyrrole nitrogens is 1. The summed E-state index contributed by atoms with van der Waals surface area (Å²) >= 11 is 0. The number of rotatable bonds is 2. The molecule has 0 saturated carbocycles. The lowest BCUT2D eigenvalue weighted by Gasteiger charge is -2.24. The Labute approximate surface area is 133 Å². The van der Waals surface area contributed by atoms with Gasteiger partial charge < -0.3 is 9.88 Å². The van der Waals surface area contributed by atoms with E-state index in [0.29, 0.717) is 12.1 Å². The zero-order chi connectivity index (χ0) is 15.8. The number of carbonyl (C=O) groups is 1. The molecule has 4 nitrogen and oxygen atoms in total. The van der Waals surface area contributed by atoms with Crippen molar-refractivity contribution in [1.29, 1.82) is 0 Å². The minimum Gasteiger partial charge on any atom is -0.341 e. The summed E-state index contributed by atoms with van der Waals surface area (Å²) in [5.41, 5.74) is 2.21. The molecule has 1 amide bonds. The summed E-state index contributed by atoms with van der Waals surface area (Å²) in [5, 5.41) is 1.03. The third-order valence-electron chi connectivity index (χ3n) is 4.36. The number of amides is 1. The van der Waals surface area contributed by atoms with Gasteiger partial charge in [-0.05, 0) is 49.2 Å². The minimum atomic E-state index is -0.388. The Morgan fingerprint density at radius 3 is 3.00 bits per heavy atom. The van der Waals surface area contributed by atoms with E-state index in [-0.39, 0.29) is 17.8 Å². The standard InChI is InChI=1S/C18H16FN3O/c19-14-6-1-4-13(10-14)18(23)22-9-3-7-16(22)15-11-12-5-2-8-20-17(12)21-15/h1-2,4-6,8,10-11,16H,3,7,9H2,(H,20,21). The van der Waals surface area contributed by atoms with Crippen LogP contribution in [-0.4, -0.2) is 27.3 Å². The van der Waals surface area contributed by atoms with Crippen LogP contribution in [0.5, 0.6) is 0 Å². The van der Waals surface area contributed by atoms with Crippen molar-refractivity contribution in [2.45, 2.75) is 18.9 Å². The zero-order valence-corrected chi connectivity index (χ0v) is 12.5. The molecule has 0 aliphatic carbocycles. The first-order chi connectivity index (χ1) is 11.2. The predicted molar refractivity (Wildman–Crippen MR) is 85.5 cm³/mol. The van der Waals surface area contributed by atoms with E-state index in [0.717, 1.165) is 29.6 Å². The molecule has 0 spiro atoms. The normalized spacial score (nSPS) is 17.8. The number of nitrogens with one attached hydrogen (secondary N) is 1. The van der Waals surface area contributed by atoms with Gasteiger partial charge in [0, 0.05) is 29.4 Å². The highest BCUT2D eigenvalue weighted by molar-refractivity contribution is 5.94. The smallest absolute Gasteiger partial charge is 0.254 e. The van der Waals surface area contributed by atoms with E-state index in [1.165, 1.54) is 12.1 Å². The van der Waals surface area contributed by atoms with Gasteiger partial charge in [-0.15, -0.1) is 0 Å². The summed E-state index contributed by atoms with van der Waals surface area (Å²) in [7, 11) is 0. The molecule has 1 aromatic carbocycles. The lowest BCUT2D eigenvalue weighted by molar-refractivity contribution is 0.0733.